The van der Waals surface area contributed by atoms with E-state index in [2.05, 4.69) is 0 Å². The van der Waals surface area contributed by atoms with Crippen LogP contribution in [0, 0.1) is 0 Å². The third kappa shape index (κ3) is 7.64. The average Bonchev–Trinajstić information content (AvgIpc) is 2.44. The number of hydrogen-bond donors (Lipinski definition) is 1. The number of carboxylic acids is 1. The van der Waals surface area contributed by atoms with Crippen molar-refractivity contribution in [3.05, 3.63) is 0 Å². The Morgan fingerprint density at radius 3 is 1.76 bits per heavy atom. The Morgan fingerprint density at radius 1 is 1.00 bits per heavy atom. The maximum atomic E-state index is 12.4. The predicted octanol–water partition coefficient (Wildman–Crippen LogP) is 2.00. The molecule has 1 atom stereocenters. The van der Waals surface area contributed by atoms with Crippen LogP contribution in [0.2, 0.25) is 0 Å². The minimum atomic E-state index is -1.94. The molecule has 0 rings (SSSR count). The number of carbonyl (C=O) groups is 2. The van der Waals surface area contributed by atoms with Gasteiger partial charge in [0.1, 0.15) is 0 Å². The van der Waals surface area contributed by atoms with Crippen molar-refractivity contribution >= 4 is 11.8 Å². The molecule has 0 aromatic heterocycles. The molecule has 1 unspecified atom stereocenters. The quantitative estimate of drug-likeness (QED) is 0.411. The molecule has 0 saturated carbocycles. The van der Waals surface area contributed by atoms with E-state index in [1.165, 1.54) is 6.92 Å². The van der Waals surface area contributed by atoms with Gasteiger partial charge in [-0.25, -0.2) is 4.79 Å². The Labute approximate surface area is 145 Å². The second-order valence-electron chi connectivity index (χ2n) is 4.62. The van der Waals surface area contributed by atoms with Crippen molar-refractivity contribution in [3.8, 4) is 0 Å². The van der Waals surface area contributed by atoms with E-state index < -0.39 is 23.6 Å². The van der Waals surface area contributed by atoms with E-state index in [0.29, 0.717) is 32.5 Å². The van der Waals surface area contributed by atoms with Crippen LogP contribution < -0.4 is 0 Å². The SMILES string of the molecule is CCCOC(OCCC)C(=O)C(C)(OCCC)C(=O)O.[Zr]. The number of carboxylic acid groups (broad SMARTS) is 1. The molecule has 0 saturated heterocycles. The van der Waals surface area contributed by atoms with Crippen molar-refractivity contribution in [2.24, 2.45) is 0 Å². The van der Waals surface area contributed by atoms with E-state index in [0.717, 1.165) is 0 Å². The first kappa shape index (κ1) is 23.2. The van der Waals surface area contributed by atoms with Crippen molar-refractivity contribution < 1.29 is 55.1 Å². The largest absolute Gasteiger partial charge is 0.479 e. The summed E-state index contributed by atoms with van der Waals surface area (Å²) in [5, 5.41) is 9.27. The van der Waals surface area contributed by atoms with Crippen LogP contribution in [0.25, 0.3) is 0 Å². The van der Waals surface area contributed by atoms with Gasteiger partial charge in [0, 0.05) is 46.0 Å². The first-order chi connectivity index (χ1) is 9.43. The zero-order valence-electron chi connectivity index (χ0n) is 13.3. The van der Waals surface area contributed by atoms with Gasteiger partial charge in [-0.15, -0.1) is 0 Å². The summed E-state index contributed by atoms with van der Waals surface area (Å²) < 4.78 is 15.9. The molecule has 122 valence electrons. The molecule has 0 radical (unpaired) electrons. The molecule has 0 fully saturated rings. The third-order valence-electron chi connectivity index (χ3n) is 2.63. The molecule has 21 heavy (non-hydrogen) atoms. The summed E-state index contributed by atoms with van der Waals surface area (Å²) in [5.74, 6) is -2.04. The van der Waals surface area contributed by atoms with E-state index in [1.807, 2.05) is 20.8 Å². The van der Waals surface area contributed by atoms with Crippen LogP contribution in [0.15, 0.2) is 0 Å². The third-order valence-corrected chi connectivity index (χ3v) is 2.63. The Kier molecular flexibility index (Phi) is 13.7. The number of aliphatic carboxylic acids is 1. The summed E-state index contributed by atoms with van der Waals surface area (Å²) in [6.45, 7) is 7.70. The fourth-order valence-corrected chi connectivity index (χ4v) is 1.42. The molecule has 0 aromatic rings. The zero-order chi connectivity index (χ0) is 15.6. The van der Waals surface area contributed by atoms with E-state index in [9.17, 15) is 14.7 Å². The van der Waals surface area contributed by atoms with E-state index in [4.69, 9.17) is 14.2 Å². The molecule has 0 aromatic carbocycles. The molecule has 0 aliphatic carbocycles. The summed E-state index contributed by atoms with van der Waals surface area (Å²) in [6.07, 6.45) is 0.831. The van der Waals surface area contributed by atoms with E-state index in [-0.39, 0.29) is 32.8 Å². The average molecular weight is 382 g/mol. The van der Waals surface area contributed by atoms with Crippen molar-refractivity contribution in [1.82, 2.24) is 0 Å². The maximum absolute atomic E-state index is 12.4. The van der Waals surface area contributed by atoms with Gasteiger partial charge in [-0.3, -0.25) is 4.79 Å². The molecule has 0 aliphatic heterocycles. The molecule has 0 aliphatic rings. The number of Topliss-reactive ketones (excluding diaryl/α,β-unsaturated/α-hetero) is 1. The van der Waals surface area contributed by atoms with Gasteiger partial charge >= 0.3 is 5.97 Å². The standard InChI is InChI=1S/C14H26O6.Zr/c1-5-8-18-12(19-9-6-2)11(15)14(4,13(16)17)20-10-7-3;/h12H,5-10H2,1-4H3,(H,16,17);. The molecule has 0 heterocycles. The number of rotatable bonds is 12. The monoisotopic (exact) mass is 380 g/mol. The Balaban J connectivity index is 0. The van der Waals surface area contributed by atoms with Crippen LogP contribution in [0.1, 0.15) is 47.0 Å². The normalized spacial score (nSPS) is 13.6. The van der Waals surface area contributed by atoms with Crippen LogP contribution in [-0.2, 0) is 50.0 Å². The fraction of sp³-hybridized carbons (Fsp3) is 0.857. The summed E-state index contributed by atoms with van der Waals surface area (Å²) >= 11 is 0. The van der Waals surface area contributed by atoms with Gasteiger partial charge in [0.15, 0.2) is 0 Å². The Hall–Kier alpha value is -0.0969. The van der Waals surface area contributed by atoms with Crippen molar-refractivity contribution in [2.75, 3.05) is 19.8 Å². The second-order valence-corrected chi connectivity index (χ2v) is 4.62. The summed E-state index contributed by atoms with van der Waals surface area (Å²) in [4.78, 5) is 23.7. The summed E-state index contributed by atoms with van der Waals surface area (Å²) in [7, 11) is 0. The van der Waals surface area contributed by atoms with Crippen LogP contribution >= 0.6 is 0 Å². The first-order valence-electron chi connectivity index (χ1n) is 7.08. The van der Waals surface area contributed by atoms with Gasteiger partial charge in [-0.1, -0.05) is 20.8 Å². The van der Waals surface area contributed by atoms with Crippen molar-refractivity contribution in [1.29, 1.82) is 0 Å². The van der Waals surface area contributed by atoms with Crippen molar-refractivity contribution in [3.63, 3.8) is 0 Å². The van der Waals surface area contributed by atoms with Crippen LogP contribution in [0.4, 0.5) is 0 Å². The van der Waals surface area contributed by atoms with Crippen LogP contribution in [0.3, 0.4) is 0 Å². The maximum Gasteiger partial charge on any atom is 0.343 e. The second kappa shape index (κ2) is 12.4. The van der Waals surface area contributed by atoms with Gasteiger partial charge in [0.25, 0.3) is 0 Å². The fourth-order valence-electron chi connectivity index (χ4n) is 1.42. The first-order valence-corrected chi connectivity index (χ1v) is 7.08. The smallest absolute Gasteiger partial charge is 0.343 e. The van der Waals surface area contributed by atoms with Crippen molar-refractivity contribution in [2.45, 2.75) is 58.8 Å². The molecular weight excluding hydrogens is 355 g/mol. The van der Waals surface area contributed by atoms with Crippen LogP contribution in [-0.4, -0.2) is 48.6 Å². The van der Waals surface area contributed by atoms with Gasteiger partial charge < -0.3 is 19.3 Å². The molecular formula is C14H26O6Zr. The summed E-state index contributed by atoms with van der Waals surface area (Å²) in [5.41, 5.74) is -1.94. The van der Waals surface area contributed by atoms with Gasteiger partial charge in [0.2, 0.25) is 17.7 Å². The Morgan fingerprint density at radius 2 is 1.43 bits per heavy atom. The number of hydrogen-bond acceptors (Lipinski definition) is 5. The molecule has 1 N–H and O–H groups in total. The summed E-state index contributed by atoms with van der Waals surface area (Å²) in [6, 6.07) is 0. The van der Waals surface area contributed by atoms with Gasteiger partial charge in [0.05, 0.1) is 0 Å². The van der Waals surface area contributed by atoms with Gasteiger partial charge in [-0.05, 0) is 26.2 Å². The topological polar surface area (TPSA) is 82.1 Å². The van der Waals surface area contributed by atoms with Crippen LogP contribution in [0.5, 0.6) is 0 Å². The zero-order valence-corrected chi connectivity index (χ0v) is 15.8. The molecule has 6 nitrogen and oxygen atoms in total. The molecule has 0 spiro atoms. The number of carbonyl (C=O) groups excluding carboxylic acids is 1. The number of ketones is 1. The van der Waals surface area contributed by atoms with Gasteiger partial charge in [-0.2, -0.15) is 0 Å². The number of ether oxygens (including phenoxy) is 3. The Bertz CT molecular complexity index is 302. The molecule has 7 heteroatoms. The van der Waals surface area contributed by atoms with E-state index >= 15 is 0 Å². The molecule has 0 amide bonds. The minimum absolute atomic E-state index is 0. The molecule has 0 bridgehead atoms. The minimum Gasteiger partial charge on any atom is -0.479 e. The predicted molar refractivity (Wildman–Crippen MR) is 73.6 cm³/mol. The van der Waals surface area contributed by atoms with E-state index in [1.54, 1.807) is 0 Å².